The van der Waals surface area contributed by atoms with Gasteiger partial charge in [-0.1, -0.05) is 88.9 Å². The van der Waals surface area contributed by atoms with E-state index in [0.29, 0.717) is 23.7 Å². The maximum absolute atomic E-state index is 13.2. The number of fused-ring (bicyclic) bond motifs is 5. The van der Waals surface area contributed by atoms with E-state index in [1.54, 1.807) is 0 Å². The molecule has 1 saturated heterocycles. The summed E-state index contributed by atoms with van der Waals surface area (Å²) < 4.78 is 66.6. The minimum atomic E-state index is -4.58. The molecule has 0 aromatic carbocycles. The van der Waals surface area contributed by atoms with Gasteiger partial charge in [-0.15, -0.1) is 0 Å². The molecule has 0 spiro atoms. The first-order chi connectivity index (χ1) is 12.9. The Morgan fingerprint density at radius 1 is 0.857 bits per heavy atom. The van der Waals surface area contributed by atoms with E-state index < -0.39 is 27.7 Å². The second-order valence-corrected chi connectivity index (χ2v) is 12.4. The molecule has 3 rings (SSSR count). The third kappa shape index (κ3) is 9.26. The van der Waals surface area contributed by atoms with Gasteiger partial charge in [0.15, 0.2) is 5.41 Å². The molecule has 2 aliphatic carbocycles. The second-order valence-electron chi connectivity index (χ2n) is 9.60. The molecule has 2 nitrogen and oxygen atoms in total. The zero-order valence-electron chi connectivity index (χ0n) is 17.9. The molecule has 0 amide bonds. The van der Waals surface area contributed by atoms with Crippen molar-refractivity contribution < 1.29 is 31.5 Å². The predicted molar refractivity (Wildman–Crippen MR) is 148 cm³/mol. The summed E-state index contributed by atoms with van der Waals surface area (Å²) in [5.74, 6) is 1.22. The lowest BCUT2D eigenvalue weighted by Gasteiger charge is -2.32. The third-order valence-electron chi connectivity index (χ3n) is 6.62. The first-order valence-corrected chi connectivity index (χ1v) is 11.7. The molecule has 0 N–H and O–H groups in total. The zero-order chi connectivity index (χ0) is 22.6. The van der Waals surface area contributed by atoms with Crippen LogP contribution in [0.4, 0.5) is 22.0 Å². The molecule has 2 bridgehead atoms. The van der Waals surface area contributed by atoms with E-state index in [4.69, 9.17) is 4.74 Å². The van der Waals surface area contributed by atoms with Crippen molar-refractivity contribution in [2.24, 2.45) is 29.1 Å². The van der Waals surface area contributed by atoms with E-state index in [-0.39, 0.29) is 61.5 Å². The summed E-state index contributed by atoms with van der Waals surface area (Å²) in [4.78, 5) is 11.4. The van der Waals surface area contributed by atoms with Crippen LogP contribution in [-0.2, 0) is 9.53 Å². The summed E-state index contributed by atoms with van der Waals surface area (Å²) in [5, 5.41) is 0.484. The quantitative estimate of drug-likeness (QED) is 0.249. The van der Waals surface area contributed by atoms with Gasteiger partial charge in [0, 0.05) is 10.5 Å². The highest BCUT2D eigenvalue weighted by Crippen LogP contribution is 2.69. The lowest BCUT2D eigenvalue weighted by molar-refractivity contribution is -0.236. The number of esters is 1. The van der Waals surface area contributed by atoms with E-state index in [2.05, 4.69) is 13.8 Å². The van der Waals surface area contributed by atoms with Gasteiger partial charge in [-0.25, -0.2) is 0 Å². The predicted octanol–water partition coefficient (Wildman–Crippen LogP) is 10.8. The van der Waals surface area contributed by atoms with Gasteiger partial charge in [0.1, 0.15) is 5.60 Å². The van der Waals surface area contributed by atoms with Crippen LogP contribution in [0.2, 0.25) is 0 Å². The van der Waals surface area contributed by atoms with Gasteiger partial charge in [-0.05, 0) is 64.2 Å². The Labute approximate surface area is 222 Å². The molecule has 218 valence electrons. The van der Waals surface area contributed by atoms with Crippen LogP contribution in [0, 0.1) is 29.1 Å². The van der Waals surface area contributed by atoms with Crippen LogP contribution in [0.25, 0.3) is 0 Å². The van der Waals surface area contributed by atoms with Gasteiger partial charge in [-0.3, -0.25) is 4.79 Å². The van der Waals surface area contributed by atoms with E-state index in [0.717, 1.165) is 30.4 Å². The molecular weight excluding hydrogens is 503 g/mol. The van der Waals surface area contributed by atoms with Gasteiger partial charge in [0.05, 0.1) is 0 Å². The SMILES string of the molecule is C.C.C.C.C.C.CC1C(C)C2CC1C1SC(F)(F)SC21.CCC(C)(C(=O)OC(C)(C)C)C(F)(F)F. The minimum Gasteiger partial charge on any atom is -0.459 e. The van der Waals surface area contributed by atoms with Crippen LogP contribution in [0.1, 0.15) is 106 Å². The number of carbonyl (C=O) groups is 1. The van der Waals surface area contributed by atoms with Crippen LogP contribution in [0.5, 0.6) is 0 Å². The van der Waals surface area contributed by atoms with E-state index in [1.165, 1.54) is 34.1 Å². The smallest absolute Gasteiger partial charge is 0.404 e. The normalized spacial score (nSPS) is 31.0. The Balaban J connectivity index is -0.000000146. The highest BCUT2D eigenvalue weighted by molar-refractivity contribution is 8.21. The molecule has 7 unspecified atom stereocenters. The number of alkyl halides is 5. The Morgan fingerprint density at radius 3 is 1.46 bits per heavy atom. The fourth-order valence-corrected chi connectivity index (χ4v) is 7.98. The summed E-state index contributed by atoms with van der Waals surface area (Å²) in [5.41, 5.74) is -3.32. The topological polar surface area (TPSA) is 26.3 Å². The molecule has 0 aromatic heterocycles. The fourth-order valence-electron chi connectivity index (χ4n) is 4.38. The molecule has 35 heavy (non-hydrogen) atoms. The molecule has 1 heterocycles. The standard InChI is InChI=1S/C10H17F3O2.C10H14F2S2.6CH4/c1-6-9(5,10(11,12)13)7(14)15-8(2,3)4;1-4-5(2)7-3-6(4)8-9(7)14-10(11,12)13-8;;;;;;/h6H2,1-5H3;4-9H,3H2,1-2H3;6*1H4. The largest absolute Gasteiger partial charge is 0.459 e. The molecule has 3 aliphatic rings. The van der Waals surface area contributed by atoms with Crippen LogP contribution in [0.3, 0.4) is 0 Å². The maximum Gasteiger partial charge on any atom is 0.404 e. The molecule has 9 heteroatoms. The monoisotopic (exact) mass is 558 g/mol. The van der Waals surface area contributed by atoms with E-state index in [1.807, 2.05) is 0 Å². The Hall–Kier alpha value is -0.180. The number of ether oxygens (including phenoxy) is 1. The summed E-state index contributed by atoms with van der Waals surface area (Å²) in [6, 6.07) is 0. The Kier molecular flexibility index (Phi) is 18.8. The average molecular weight is 559 g/mol. The van der Waals surface area contributed by atoms with Crippen molar-refractivity contribution in [1.82, 2.24) is 0 Å². The van der Waals surface area contributed by atoms with Crippen LogP contribution in [0.15, 0.2) is 0 Å². The molecule has 3 fully saturated rings. The van der Waals surface area contributed by atoms with Crippen LogP contribution in [-0.4, -0.2) is 32.8 Å². The number of carbonyl (C=O) groups excluding carboxylic acids is 1. The highest BCUT2D eigenvalue weighted by atomic mass is 32.2. The molecule has 7 atom stereocenters. The van der Waals surface area contributed by atoms with Crippen molar-refractivity contribution in [1.29, 1.82) is 0 Å². The lowest BCUT2D eigenvalue weighted by atomic mass is 9.81. The number of thioether (sulfide) groups is 2. The first kappa shape index (κ1) is 44.8. The van der Waals surface area contributed by atoms with Crippen molar-refractivity contribution in [3.63, 3.8) is 0 Å². The first-order valence-electron chi connectivity index (χ1n) is 9.97. The van der Waals surface area contributed by atoms with Crippen molar-refractivity contribution in [3.8, 4) is 0 Å². The van der Waals surface area contributed by atoms with Crippen molar-refractivity contribution >= 4 is 29.5 Å². The molecule has 0 radical (unpaired) electrons. The number of halogens is 5. The molecular formula is C26H55F5O2S2. The van der Waals surface area contributed by atoms with Gasteiger partial charge >= 0.3 is 16.7 Å². The summed E-state index contributed by atoms with van der Waals surface area (Å²) in [6.45, 7) is 11.3. The highest BCUT2D eigenvalue weighted by Gasteiger charge is 2.63. The maximum atomic E-state index is 13.2. The fraction of sp³-hybridized carbons (Fsp3) is 0.962. The molecule has 1 aliphatic heterocycles. The number of rotatable bonds is 2. The minimum absolute atomic E-state index is 0. The van der Waals surface area contributed by atoms with Crippen LogP contribution < -0.4 is 0 Å². The van der Waals surface area contributed by atoms with E-state index >= 15 is 0 Å². The Morgan fingerprint density at radius 2 is 1.20 bits per heavy atom. The van der Waals surface area contributed by atoms with Crippen molar-refractivity contribution in [3.05, 3.63) is 0 Å². The Bertz CT molecular complexity index is 598. The number of hydrogen-bond acceptors (Lipinski definition) is 4. The zero-order valence-corrected chi connectivity index (χ0v) is 19.5. The van der Waals surface area contributed by atoms with Crippen molar-refractivity contribution in [2.75, 3.05) is 0 Å². The molecule has 2 saturated carbocycles. The summed E-state index contributed by atoms with van der Waals surface area (Å²) in [7, 11) is 0. The summed E-state index contributed by atoms with van der Waals surface area (Å²) >= 11 is 1.87. The van der Waals surface area contributed by atoms with Crippen LogP contribution >= 0.6 is 23.5 Å². The average Bonchev–Trinajstić information content (AvgIpc) is 3.12. The second kappa shape index (κ2) is 14.7. The van der Waals surface area contributed by atoms with Gasteiger partial charge in [0.2, 0.25) is 0 Å². The van der Waals surface area contributed by atoms with Gasteiger partial charge in [0.25, 0.3) is 0 Å². The van der Waals surface area contributed by atoms with Gasteiger partial charge < -0.3 is 4.74 Å². The molecule has 0 aromatic rings. The van der Waals surface area contributed by atoms with Gasteiger partial charge in [-0.2, -0.15) is 22.0 Å². The summed E-state index contributed by atoms with van der Waals surface area (Å²) in [6.07, 6.45) is -3.71. The lowest BCUT2D eigenvalue weighted by Crippen LogP contribution is -2.45. The van der Waals surface area contributed by atoms with E-state index in [9.17, 15) is 26.7 Å². The number of hydrogen-bond donors (Lipinski definition) is 0. The van der Waals surface area contributed by atoms with Crippen molar-refractivity contribution in [2.45, 2.75) is 133 Å². The third-order valence-corrected chi connectivity index (χ3v) is 9.75.